The molecule has 0 saturated heterocycles. The van der Waals surface area contributed by atoms with Crippen molar-refractivity contribution in [3.63, 3.8) is 0 Å². The molecule has 0 aliphatic heterocycles. The molecular formula is C20H28N6O7S. The first-order chi connectivity index (χ1) is 15.9. The van der Waals surface area contributed by atoms with E-state index in [0.29, 0.717) is 5.56 Å². The van der Waals surface area contributed by atoms with Crippen LogP contribution >= 0.6 is 12.6 Å². The summed E-state index contributed by atoms with van der Waals surface area (Å²) in [6.07, 6.45) is -1.38. The summed E-state index contributed by atoms with van der Waals surface area (Å²) >= 11 is 3.95. The minimum Gasteiger partial charge on any atom is -0.480 e. The third-order valence-electron chi connectivity index (χ3n) is 4.51. The van der Waals surface area contributed by atoms with Gasteiger partial charge in [0, 0.05) is 12.2 Å². The van der Waals surface area contributed by atoms with E-state index in [1.165, 1.54) is 0 Å². The van der Waals surface area contributed by atoms with Crippen molar-refractivity contribution >= 4 is 48.1 Å². The molecule has 14 heteroatoms. The third-order valence-corrected chi connectivity index (χ3v) is 4.90. The Morgan fingerprint density at radius 1 is 0.794 bits per heavy atom. The van der Waals surface area contributed by atoms with Gasteiger partial charge in [-0.25, -0.2) is 4.79 Å². The molecule has 4 atom stereocenters. The van der Waals surface area contributed by atoms with Crippen molar-refractivity contribution in [1.29, 1.82) is 0 Å². The van der Waals surface area contributed by atoms with Gasteiger partial charge in [-0.3, -0.25) is 24.0 Å². The molecule has 10 N–H and O–H groups in total. The van der Waals surface area contributed by atoms with Gasteiger partial charge in [0.15, 0.2) is 0 Å². The average Bonchev–Trinajstić information content (AvgIpc) is 2.76. The first-order valence-corrected chi connectivity index (χ1v) is 10.7. The number of rotatable bonds is 14. The van der Waals surface area contributed by atoms with Gasteiger partial charge in [0.1, 0.15) is 18.1 Å². The number of carboxylic acids is 1. The molecule has 0 aliphatic rings. The number of nitrogens with one attached hydrogen (secondary N) is 3. The Kier molecular flexibility index (Phi) is 11.5. The van der Waals surface area contributed by atoms with Crippen LogP contribution in [0.1, 0.15) is 18.4 Å². The fraction of sp³-hybridized carbons (Fsp3) is 0.400. The second kappa shape index (κ2) is 13.8. The molecule has 5 amide bonds. The van der Waals surface area contributed by atoms with Crippen molar-refractivity contribution < 1.29 is 33.9 Å². The van der Waals surface area contributed by atoms with Crippen LogP contribution in [0.4, 0.5) is 0 Å². The Balaban J connectivity index is 3.09. The maximum Gasteiger partial charge on any atom is 0.326 e. The second-order valence-corrected chi connectivity index (χ2v) is 7.71. The first-order valence-electron chi connectivity index (χ1n) is 10.1. The molecule has 0 bridgehead atoms. The lowest BCUT2D eigenvalue weighted by Crippen LogP contribution is -2.58. The zero-order chi connectivity index (χ0) is 25.8. The van der Waals surface area contributed by atoms with E-state index in [0.717, 1.165) is 0 Å². The largest absolute Gasteiger partial charge is 0.480 e. The number of carbonyl (C=O) groups is 6. The molecule has 1 aromatic rings. The molecule has 0 heterocycles. The van der Waals surface area contributed by atoms with Crippen LogP contribution < -0.4 is 33.2 Å². The fourth-order valence-electron chi connectivity index (χ4n) is 2.78. The Morgan fingerprint density at radius 3 is 1.76 bits per heavy atom. The van der Waals surface area contributed by atoms with Crippen LogP contribution in [-0.2, 0) is 35.2 Å². The molecule has 0 radical (unpaired) electrons. The summed E-state index contributed by atoms with van der Waals surface area (Å²) in [4.78, 5) is 71.7. The second-order valence-electron chi connectivity index (χ2n) is 7.34. The summed E-state index contributed by atoms with van der Waals surface area (Å²) in [7, 11) is 0. The average molecular weight is 497 g/mol. The number of thiol groups is 1. The van der Waals surface area contributed by atoms with Crippen molar-refractivity contribution in [2.45, 2.75) is 43.4 Å². The normalized spacial score (nSPS) is 14.1. The SMILES string of the molecule is NC(=O)CC(NC(=O)C(CC(N)=O)NC(=O)C(Cc1ccccc1)NC(=O)C(N)CS)C(=O)O. The first kappa shape index (κ1) is 28.4. The molecule has 4 unspecified atom stereocenters. The maximum atomic E-state index is 13.0. The number of aliphatic carboxylic acids is 1. The summed E-state index contributed by atoms with van der Waals surface area (Å²) < 4.78 is 0. The Morgan fingerprint density at radius 2 is 1.26 bits per heavy atom. The molecule has 186 valence electrons. The molecule has 34 heavy (non-hydrogen) atoms. The van der Waals surface area contributed by atoms with E-state index >= 15 is 0 Å². The van der Waals surface area contributed by atoms with Gasteiger partial charge in [-0.1, -0.05) is 30.3 Å². The summed E-state index contributed by atoms with van der Waals surface area (Å²) in [6.45, 7) is 0. The summed E-state index contributed by atoms with van der Waals surface area (Å²) in [6, 6.07) is 3.12. The molecule has 1 aromatic carbocycles. The zero-order valence-electron chi connectivity index (χ0n) is 18.1. The number of hydrogen-bond acceptors (Lipinski definition) is 8. The van der Waals surface area contributed by atoms with Gasteiger partial charge in [0.05, 0.1) is 18.9 Å². The molecular weight excluding hydrogens is 468 g/mol. The van der Waals surface area contributed by atoms with E-state index in [9.17, 15) is 33.9 Å². The molecule has 0 fully saturated rings. The highest BCUT2D eigenvalue weighted by molar-refractivity contribution is 7.80. The third kappa shape index (κ3) is 9.87. The van der Waals surface area contributed by atoms with Crippen LogP contribution in [0.3, 0.4) is 0 Å². The Bertz CT molecular complexity index is 914. The highest BCUT2D eigenvalue weighted by Gasteiger charge is 2.31. The van der Waals surface area contributed by atoms with Crippen LogP contribution in [0.5, 0.6) is 0 Å². The van der Waals surface area contributed by atoms with Gasteiger partial charge in [-0.05, 0) is 5.56 Å². The lowest BCUT2D eigenvalue weighted by atomic mass is 10.0. The molecule has 0 aromatic heterocycles. The van der Waals surface area contributed by atoms with Gasteiger partial charge in [-0.15, -0.1) is 0 Å². The lowest BCUT2D eigenvalue weighted by molar-refractivity contribution is -0.144. The predicted molar refractivity (Wildman–Crippen MR) is 123 cm³/mol. The quantitative estimate of drug-likeness (QED) is 0.122. The van der Waals surface area contributed by atoms with Gasteiger partial charge < -0.3 is 38.3 Å². The van der Waals surface area contributed by atoms with Crippen molar-refractivity contribution in [2.24, 2.45) is 17.2 Å². The predicted octanol–water partition coefficient (Wildman–Crippen LogP) is -3.22. The van der Waals surface area contributed by atoms with Gasteiger partial charge in [0.25, 0.3) is 0 Å². The van der Waals surface area contributed by atoms with Crippen LogP contribution in [0, 0.1) is 0 Å². The topological polar surface area (TPSA) is 237 Å². The number of hydrogen-bond donors (Lipinski definition) is 8. The summed E-state index contributed by atoms with van der Waals surface area (Å²) in [5, 5.41) is 16.0. The smallest absolute Gasteiger partial charge is 0.326 e. The molecule has 0 spiro atoms. The fourth-order valence-corrected chi connectivity index (χ4v) is 2.94. The van der Waals surface area contributed by atoms with Crippen molar-refractivity contribution in [3.05, 3.63) is 35.9 Å². The zero-order valence-corrected chi connectivity index (χ0v) is 19.0. The lowest BCUT2D eigenvalue weighted by Gasteiger charge is -2.24. The van der Waals surface area contributed by atoms with E-state index in [1.54, 1.807) is 30.3 Å². The van der Waals surface area contributed by atoms with E-state index in [-0.39, 0.29) is 12.2 Å². The van der Waals surface area contributed by atoms with Gasteiger partial charge >= 0.3 is 5.97 Å². The number of primary amides is 2. The monoisotopic (exact) mass is 496 g/mol. The highest BCUT2D eigenvalue weighted by atomic mass is 32.1. The van der Waals surface area contributed by atoms with Gasteiger partial charge in [-0.2, -0.15) is 12.6 Å². The molecule has 0 aliphatic carbocycles. The molecule has 0 saturated carbocycles. The number of carbonyl (C=O) groups excluding carboxylic acids is 5. The van der Waals surface area contributed by atoms with E-state index in [1.807, 2.05) is 5.32 Å². The van der Waals surface area contributed by atoms with Crippen molar-refractivity contribution in [2.75, 3.05) is 5.75 Å². The van der Waals surface area contributed by atoms with Crippen LogP contribution in [0.25, 0.3) is 0 Å². The number of amides is 5. The van der Waals surface area contributed by atoms with Crippen LogP contribution in [-0.4, -0.2) is 70.5 Å². The molecule has 1 rings (SSSR count). The van der Waals surface area contributed by atoms with Gasteiger partial charge in [0.2, 0.25) is 29.5 Å². The molecule has 13 nitrogen and oxygen atoms in total. The summed E-state index contributed by atoms with van der Waals surface area (Å²) in [5.41, 5.74) is 16.5. The standard InChI is InChI=1S/C20H28N6O7S/c21-11(9-34)17(29)24-12(6-10-4-2-1-3-5-10)18(30)25-13(7-15(22)27)19(31)26-14(20(32)33)8-16(23)28/h1-5,11-14,34H,6-9,21H2,(H2,22,27)(H2,23,28)(H,24,29)(H,25,30)(H,26,31)(H,32,33). The highest BCUT2D eigenvalue weighted by Crippen LogP contribution is 2.06. The van der Waals surface area contributed by atoms with Crippen molar-refractivity contribution in [3.8, 4) is 0 Å². The maximum absolute atomic E-state index is 13.0. The van der Waals surface area contributed by atoms with E-state index in [4.69, 9.17) is 17.2 Å². The van der Waals surface area contributed by atoms with Crippen LogP contribution in [0.15, 0.2) is 30.3 Å². The Labute approximate surface area is 200 Å². The number of benzene rings is 1. The van der Waals surface area contributed by atoms with E-state index in [2.05, 4.69) is 23.3 Å². The number of nitrogens with two attached hydrogens (primary N) is 3. The van der Waals surface area contributed by atoms with Crippen LogP contribution in [0.2, 0.25) is 0 Å². The van der Waals surface area contributed by atoms with Crippen molar-refractivity contribution in [1.82, 2.24) is 16.0 Å². The minimum absolute atomic E-state index is 0.00859. The van der Waals surface area contributed by atoms with E-state index < -0.39 is 72.5 Å². The minimum atomic E-state index is -1.69. The number of carboxylic acid groups (broad SMARTS) is 1. The summed E-state index contributed by atoms with van der Waals surface area (Å²) in [5.74, 6) is -6.11. The Hall–Kier alpha value is -3.65.